The molecule has 1 heterocycles. The number of aliphatic imine (C=N–C) groups is 1. The fourth-order valence-corrected chi connectivity index (χ4v) is 2.85. The molecule has 154 valence electrons. The predicted molar refractivity (Wildman–Crippen MR) is 118 cm³/mol. The maximum absolute atomic E-state index is 12.0. The van der Waals surface area contributed by atoms with E-state index in [-0.39, 0.29) is 42.0 Å². The fraction of sp³-hybridized carbons (Fsp3) is 0.889. The Morgan fingerprint density at radius 1 is 1.19 bits per heavy atom. The first-order chi connectivity index (χ1) is 11.7. The molecular formula is C18H38IN5O2. The van der Waals surface area contributed by atoms with Crippen LogP contribution in [0, 0.1) is 5.92 Å². The molecule has 26 heavy (non-hydrogen) atoms. The zero-order chi connectivity index (χ0) is 18.9. The van der Waals surface area contributed by atoms with Crippen molar-refractivity contribution in [3.63, 3.8) is 0 Å². The Morgan fingerprint density at radius 3 is 2.31 bits per heavy atom. The first-order valence-corrected chi connectivity index (χ1v) is 9.38. The molecule has 1 aliphatic heterocycles. The quantitative estimate of drug-likeness (QED) is 0.290. The van der Waals surface area contributed by atoms with Gasteiger partial charge in [-0.3, -0.25) is 9.69 Å². The van der Waals surface area contributed by atoms with Gasteiger partial charge in [-0.15, -0.1) is 24.0 Å². The molecule has 1 fully saturated rings. The third-order valence-corrected chi connectivity index (χ3v) is 4.00. The highest BCUT2D eigenvalue weighted by molar-refractivity contribution is 14.0. The Kier molecular flexibility index (Phi) is 12.4. The molecule has 3 N–H and O–H groups in total. The van der Waals surface area contributed by atoms with Gasteiger partial charge in [0, 0.05) is 37.8 Å². The minimum absolute atomic E-state index is 0. The first-order valence-electron chi connectivity index (χ1n) is 9.38. The summed E-state index contributed by atoms with van der Waals surface area (Å²) in [5.41, 5.74) is -0.239. The number of guanidine groups is 1. The van der Waals surface area contributed by atoms with E-state index < -0.39 is 0 Å². The van der Waals surface area contributed by atoms with E-state index in [2.05, 4.69) is 39.7 Å². The Hall–Kier alpha value is -0.610. The van der Waals surface area contributed by atoms with Crippen molar-refractivity contribution in [2.45, 2.75) is 53.1 Å². The van der Waals surface area contributed by atoms with Crippen molar-refractivity contribution in [2.24, 2.45) is 10.9 Å². The van der Waals surface area contributed by atoms with Crippen molar-refractivity contribution in [1.29, 1.82) is 0 Å². The molecule has 1 atom stereocenters. The van der Waals surface area contributed by atoms with Crippen LogP contribution in [0.5, 0.6) is 0 Å². The number of morpholine rings is 1. The Morgan fingerprint density at radius 2 is 1.81 bits per heavy atom. The van der Waals surface area contributed by atoms with Crippen molar-refractivity contribution in [2.75, 3.05) is 45.9 Å². The van der Waals surface area contributed by atoms with Crippen LogP contribution in [0.15, 0.2) is 4.99 Å². The molecule has 0 aliphatic carbocycles. The smallest absolute Gasteiger partial charge is 0.242 e. The van der Waals surface area contributed by atoms with Crippen molar-refractivity contribution >= 4 is 35.8 Å². The van der Waals surface area contributed by atoms with E-state index in [9.17, 15) is 4.79 Å². The second-order valence-electron chi connectivity index (χ2n) is 7.83. The number of nitrogens with one attached hydrogen (secondary N) is 3. The maximum Gasteiger partial charge on any atom is 0.242 e. The van der Waals surface area contributed by atoms with Gasteiger partial charge in [-0.25, -0.2) is 4.99 Å². The molecule has 1 saturated heterocycles. The zero-order valence-electron chi connectivity index (χ0n) is 17.2. The van der Waals surface area contributed by atoms with Gasteiger partial charge in [0.2, 0.25) is 5.91 Å². The normalized spacial score (nSPS) is 17.4. The summed E-state index contributed by atoms with van der Waals surface area (Å²) >= 11 is 0. The van der Waals surface area contributed by atoms with Gasteiger partial charge in [0.05, 0.1) is 13.2 Å². The summed E-state index contributed by atoms with van der Waals surface area (Å²) in [7, 11) is 0. The zero-order valence-corrected chi connectivity index (χ0v) is 19.6. The monoisotopic (exact) mass is 483 g/mol. The van der Waals surface area contributed by atoms with E-state index in [0.717, 1.165) is 39.4 Å². The second-order valence-corrected chi connectivity index (χ2v) is 7.83. The van der Waals surface area contributed by atoms with Gasteiger partial charge >= 0.3 is 0 Å². The number of carbonyl (C=O) groups is 1. The third kappa shape index (κ3) is 10.5. The van der Waals surface area contributed by atoms with Crippen molar-refractivity contribution in [1.82, 2.24) is 20.9 Å². The van der Waals surface area contributed by atoms with E-state index in [1.165, 1.54) is 0 Å². The predicted octanol–water partition coefficient (Wildman–Crippen LogP) is 1.43. The lowest BCUT2D eigenvalue weighted by Crippen LogP contribution is -2.52. The Labute approximate surface area is 176 Å². The standard InChI is InChI=1S/C18H37N5O2.HI/c1-7-19-17(21-13-16(24)22-18(4,5)6)20-12-15(14(2)3)23-8-10-25-11-9-23;/h14-15H,7-13H2,1-6H3,(H,22,24)(H2,19,20,21);1H. The molecule has 0 aromatic heterocycles. The van der Waals surface area contributed by atoms with Crippen LogP contribution in [0.1, 0.15) is 41.5 Å². The van der Waals surface area contributed by atoms with Crippen LogP contribution >= 0.6 is 24.0 Å². The van der Waals surface area contributed by atoms with Crippen molar-refractivity contribution in [3.8, 4) is 0 Å². The van der Waals surface area contributed by atoms with Crippen LogP contribution in [0.25, 0.3) is 0 Å². The van der Waals surface area contributed by atoms with Gasteiger partial charge in [-0.1, -0.05) is 13.8 Å². The van der Waals surface area contributed by atoms with Crippen LogP contribution in [-0.2, 0) is 9.53 Å². The lowest BCUT2D eigenvalue weighted by atomic mass is 10.0. The van der Waals surface area contributed by atoms with E-state index in [1.807, 2.05) is 27.7 Å². The van der Waals surface area contributed by atoms with Gasteiger partial charge in [-0.05, 0) is 33.6 Å². The molecule has 1 aliphatic rings. The van der Waals surface area contributed by atoms with Gasteiger partial charge in [0.1, 0.15) is 6.54 Å². The molecule has 0 saturated carbocycles. The Bertz CT molecular complexity index is 432. The lowest BCUT2D eigenvalue weighted by Gasteiger charge is -2.37. The van der Waals surface area contributed by atoms with E-state index in [0.29, 0.717) is 17.9 Å². The average molecular weight is 483 g/mol. The minimum Gasteiger partial charge on any atom is -0.379 e. The number of hydrogen-bond acceptors (Lipinski definition) is 4. The molecule has 7 nitrogen and oxygen atoms in total. The molecule has 0 aromatic rings. The summed E-state index contributed by atoms with van der Waals surface area (Å²) in [6.45, 7) is 17.6. The van der Waals surface area contributed by atoms with Crippen molar-refractivity contribution < 1.29 is 9.53 Å². The molecule has 1 rings (SSSR count). The average Bonchev–Trinajstić information content (AvgIpc) is 2.51. The topological polar surface area (TPSA) is 78.0 Å². The second kappa shape index (κ2) is 12.7. The molecule has 0 spiro atoms. The number of hydrogen-bond donors (Lipinski definition) is 3. The minimum atomic E-state index is -0.239. The number of rotatable bonds is 7. The van der Waals surface area contributed by atoms with Gasteiger partial charge < -0.3 is 20.7 Å². The number of halogens is 1. The maximum atomic E-state index is 12.0. The highest BCUT2D eigenvalue weighted by Gasteiger charge is 2.24. The molecule has 1 unspecified atom stereocenters. The SMILES string of the molecule is CCNC(=NCC(=O)NC(C)(C)C)NCC(C(C)C)N1CCOCC1.I. The van der Waals surface area contributed by atoms with E-state index in [4.69, 9.17) is 4.74 Å². The van der Waals surface area contributed by atoms with Crippen molar-refractivity contribution in [3.05, 3.63) is 0 Å². The van der Waals surface area contributed by atoms with Crippen LogP contribution in [-0.4, -0.2) is 74.3 Å². The summed E-state index contributed by atoms with van der Waals surface area (Å²) in [5, 5.41) is 9.54. The summed E-state index contributed by atoms with van der Waals surface area (Å²) in [6.07, 6.45) is 0. The largest absolute Gasteiger partial charge is 0.379 e. The Balaban J connectivity index is 0.00000625. The molecule has 0 radical (unpaired) electrons. The highest BCUT2D eigenvalue weighted by Crippen LogP contribution is 2.12. The number of ether oxygens (including phenoxy) is 1. The number of nitrogens with zero attached hydrogens (tertiary/aromatic N) is 2. The summed E-state index contributed by atoms with van der Waals surface area (Å²) < 4.78 is 5.46. The molecule has 0 bridgehead atoms. The summed E-state index contributed by atoms with van der Waals surface area (Å²) in [6, 6.07) is 0.413. The number of amides is 1. The van der Waals surface area contributed by atoms with Crippen LogP contribution in [0.3, 0.4) is 0 Å². The lowest BCUT2D eigenvalue weighted by molar-refractivity contribution is -0.121. The molecular weight excluding hydrogens is 445 g/mol. The van der Waals surface area contributed by atoms with Crippen LogP contribution in [0.4, 0.5) is 0 Å². The first kappa shape index (κ1) is 25.4. The summed E-state index contributed by atoms with van der Waals surface area (Å²) in [5.74, 6) is 1.14. The van der Waals surface area contributed by atoms with Crippen LogP contribution < -0.4 is 16.0 Å². The van der Waals surface area contributed by atoms with Gasteiger partial charge in [0.15, 0.2) is 5.96 Å². The van der Waals surface area contributed by atoms with E-state index in [1.54, 1.807) is 0 Å². The molecule has 8 heteroatoms. The highest BCUT2D eigenvalue weighted by atomic mass is 127. The fourth-order valence-electron chi connectivity index (χ4n) is 2.85. The van der Waals surface area contributed by atoms with E-state index >= 15 is 0 Å². The number of carbonyl (C=O) groups excluding carboxylic acids is 1. The van der Waals surface area contributed by atoms with Gasteiger partial charge in [-0.2, -0.15) is 0 Å². The third-order valence-electron chi connectivity index (χ3n) is 4.00. The van der Waals surface area contributed by atoms with Gasteiger partial charge in [0.25, 0.3) is 0 Å². The summed E-state index contributed by atoms with van der Waals surface area (Å²) in [4.78, 5) is 18.8. The van der Waals surface area contributed by atoms with Crippen LogP contribution in [0.2, 0.25) is 0 Å². The molecule has 0 aromatic carbocycles. The molecule has 1 amide bonds.